The second-order valence-electron chi connectivity index (χ2n) is 8.06. The van der Waals surface area contributed by atoms with E-state index >= 15 is 0 Å². The van der Waals surface area contributed by atoms with Gasteiger partial charge in [0, 0.05) is 0 Å². The molecule has 108 valence electrons. The van der Waals surface area contributed by atoms with Crippen molar-refractivity contribution in [2.45, 2.75) is 44.9 Å². The lowest BCUT2D eigenvalue weighted by Gasteiger charge is -2.56. The molecular formula is C21H24. The SMILES string of the molecule is C=C1C2CC3CC(C2)C(c2cccc4c2C=C(C)C4)C1C3. The number of hydrogen-bond donors (Lipinski definition) is 0. The molecule has 6 rings (SSSR count). The Morgan fingerprint density at radius 3 is 2.90 bits per heavy atom. The molecule has 0 amide bonds. The first-order chi connectivity index (χ1) is 10.2. The van der Waals surface area contributed by atoms with Gasteiger partial charge in [-0.15, -0.1) is 0 Å². The molecule has 0 N–H and O–H groups in total. The van der Waals surface area contributed by atoms with Crippen molar-refractivity contribution >= 4 is 6.08 Å². The maximum Gasteiger partial charge on any atom is -0.00605 e. The van der Waals surface area contributed by atoms with E-state index in [1.54, 1.807) is 22.3 Å². The Labute approximate surface area is 128 Å². The lowest BCUT2D eigenvalue weighted by atomic mass is 9.49. The van der Waals surface area contributed by atoms with E-state index in [0.717, 1.165) is 36.0 Å². The van der Waals surface area contributed by atoms with Crippen LogP contribution in [0, 0.1) is 23.7 Å². The number of allylic oxidation sites excluding steroid dienone is 2. The molecule has 4 fully saturated rings. The number of fused-ring (bicyclic) bond motifs is 1. The second-order valence-corrected chi connectivity index (χ2v) is 8.06. The Bertz CT molecular complexity index is 663. The maximum atomic E-state index is 4.52. The zero-order valence-corrected chi connectivity index (χ0v) is 12.9. The van der Waals surface area contributed by atoms with Crippen molar-refractivity contribution in [1.29, 1.82) is 0 Å². The zero-order valence-electron chi connectivity index (χ0n) is 12.9. The predicted molar refractivity (Wildman–Crippen MR) is 88.1 cm³/mol. The van der Waals surface area contributed by atoms with Crippen LogP contribution in [0.25, 0.3) is 6.08 Å². The molecular weight excluding hydrogens is 252 g/mol. The summed E-state index contributed by atoms with van der Waals surface area (Å²) in [6.45, 7) is 6.80. The molecule has 1 aromatic rings. The molecule has 0 radical (unpaired) electrons. The van der Waals surface area contributed by atoms with Gasteiger partial charge in [0.25, 0.3) is 0 Å². The molecule has 0 heteroatoms. The van der Waals surface area contributed by atoms with Gasteiger partial charge < -0.3 is 0 Å². The first kappa shape index (κ1) is 12.3. The van der Waals surface area contributed by atoms with E-state index in [1.165, 1.54) is 31.3 Å². The Morgan fingerprint density at radius 1 is 1.10 bits per heavy atom. The van der Waals surface area contributed by atoms with Gasteiger partial charge in [-0.3, -0.25) is 0 Å². The Balaban J connectivity index is 1.63. The van der Waals surface area contributed by atoms with Crippen molar-refractivity contribution < 1.29 is 0 Å². The first-order valence-corrected chi connectivity index (χ1v) is 8.68. The van der Waals surface area contributed by atoms with Crippen LogP contribution in [0.15, 0.2) is 35.9 Å². The number of rotatable bonds is 1. The van der Waals surface area contributed by atoms with E-state index in [0.29, 0.717) is 0 Å². The van der Waals surface area contributed by atoms with Gasteiger partial charge in [0.15, 0.2) is 0 Å². The lowest BCUT2D eigenvalue weighted by Crippen LogP contribution is -2.45. The summed E-state index contributed by atoms with van der Waals surface area (Å²) in [6, 6.07) is 7.05. The van der Waals surface area contributed by atoms with Crippen LogP contribution in [0.3, 0.4) is 0 Å². The monoisotopic (exact) mass is 276 g/mol. The minimum Gasteiger partial charge on any atom is -0.0993 e. The fourth-order valence-electron chi connectivity index (χ4n) is 6.11. The third kappa shape index (κ3) is 1.62. The molecule has 21 heavy (non-hydrogen) atoms. The quantitative estimate of drug-likeness (QED) is 0.606. The minimum atomic E-state index is 0.766. The van der Waals surface area contributed by atoms with Crippen LogP contribution in [0.4, 0.5) is 0 Å². The van der Waals surface area contributed by atoms with Crippen LogP contribution >= 0.6 is 0 Å². The Hall–Kier alpha value is -1.30. The van der Waals surface area contributed by atoms with Gasteiger partial charge in [-0.05, 0) is 85.3 Å². The summed E-state index contributed by atoms with van der Waals surface area (Å²) in [5.41, 5.74) is 7.91. The summed E-state index contributed by atoms with van der Waals surface area (Å²) < 4.78 is 0. The Morgan fingerprint density at radius 2 is 2.00 bits per heavy atom. The van der Waals surface area contributed by atoms with E-state index in [1.807, 2.05) is 0 Å². The van der Waals surface area contributed by atoms with E-state index in [-0.39, 0.29) is 0 Å². The molecule has 0 heterocycles. The summed E-state index contributed by atoms with van der Waals surface area (Å²) in [7, 11) is 0. The highest BCUT2D eigenvalue weighted by atomic mass is 14.5. The molecule has 0 aliphatic heterocycles. The van der Waals surface area contributed by atoms with Crippen LogP contribution in [0.1, 0.15) is 55.2 Å². The van der Waals surface area contributed by atoms with Crippen LogP contribution in [-0.4, -0.2) is 0 Å². The maximum absolute atomic E-state index is 4.52. The third-order valence-electron chi connectivity index (χ3n) is 6.82. The molecule has 0 spiro atoms. The van der Waals surface area contributed by atoms with Crippen molar-refractivity contribution in [3.63, 3.8) is 0 Å². The molecule has 0 aromatic heterocycles. The highest BCUT2D eigenvalue weighted by Gasteiger charge is 2.50. The van der Waals surface area contributed by atoms with Gasteiger partial charge >= 0.3 is 0 Å². The van der Waals surface area contributed by atoms with Gasteiger partial charge in [-0.25, -0.2) is 0 Å². The summed E-state index contributed by atoms with van der Waals surface area (Å²) in [5, 5.41) is 0. The number of hydrogen-bond acceptors (Lipinski definition) is 0. The molecule has 5 unspecified atom stereocenters. The van der Waals surface area contributed by atoms with Gasteiger partial charge in [-0.1, -0.05) is 42.0 Å². The van der Waals surface area contributed by atoms with Gasteiger partial charge in [0.05, 0.1) is 0 Å². The molecule has 0 saturated heterocycles. The number of benzene rings is 1. The van der Waals surface area contributed by atoms with Crippen LogP contribution in [-0.2, 0) is 6.42 Å². The summed E-state index contributed by atoms with van der Waals surface area (Å²) in [5.74, 6) is 4.34. The highest BCUT2D eigenvalue weighted by Crippen LogP contribution is 2.62. The van der Waals surface area contributed by atoms with Crippen LogP contribution in [0.2, 0.25) is 0 Å². The molecule has 5 atom stereocenters. The summed E-state index contributed by atoms with van der Waals surface area (Å²) in [6.07, 6.45) is 9.39. The summed E-state index contributed by atoms with van der Waals surface area (Å²) in [4.78, 5) is 0. The van der Waals surface area contributed by atoms with Crippen molar-refractivity contribution in [2.75, 3.05) is 0 Å². The van der Waals surface area contributed by atoms with Gasteiger partial charge in [0.1, 0.15) is 0 Å². The zero-order chi connectivity index (χ0) is 14.1. The van der Waals surface area contributed by atoms with Crippen molar-refractivity contribution in [3.05, 3.63) is 52.6 Å². The fourth-order valence-corrected chi connectivity index (χ4v) is 6.11. The van der Waals surface area contributed by atoms with Crippen molar-refractivity contribution in [3.8, 4) is 0 Å². The van der Waals surface area contributed by atoms with E-state index < -0.39 is 0 Å². The average Bonchev–Trinajstić information content (AvgIpc) is 2.84. The standard InChI is InChI=1S/C21H24/c1-12-6-15-4-3-5-18(20(15)7-12)21-17-9-14-8-16(11-17)13(2)19(21)10-14/h3-5,7,14,16-17,19,21H,2,6,8-11H2,1H3. The van der Waals surface area contributed by atoms with Crippen LogP contribution < -0.4 is 0 Å². The van der Waals surface area contributed by atoms with Crippen LogP contribution in [0.5, 0.6) is 0 Å². The second kappa shape index (κ2) is 4.12. The smallest absolute Gasteiger partial charge is 0.00605 e. The predicted octanol–water partition coefficient (Wildman–Crippen LogP) is 5.35. The Kier molecular flexibility index (Phi) is 2.41. The summed E-state index contributed by atoms with van der Waals surface area (Å²) >= 11 is 0. The van der Waals surface area contributed by atoms with E-state index in [2.05, 4.69) is 37.8 Å². The molecule has 5 aliphatic carbocycles. The molecule has 5 aliphatic rings. The first-order valence-electron chi connectivity index (χ1n) is 8.68. The molecule has 1 aromatic carbocycles. The van der Waals surface area contributed by atoms with Crippen molar-refractivity contribution in [2.24, 2.45) is 23.7 Å². The average molecular weight is 276 g/mol. The molecule has 4 bridgehead atoms. The van der Waals surface area contributed by atoms with Gasteiger partial charge in [0.2, 0.25) is 0 Å². The van der Waals surface area contributed by atoms with Gasteiger partial charge in [-0.2, -0.15) is 0 Å². The minimum absolute atomic E-state index is 0.766. The van der Waals surface area contributed by atoms with E-state index in [4.69, 9.17) is 0 Å². The van der Waals surface area contributed by atoms with E-state index in [9.17, 15) is 0 Å². The topological polar surface area (TPSA) is 0 Å². The fraction of sp³-hybridized carbons (Fsp3) is 0.524. The normalized spacial score (nSPS) is 39.6. The highest BCUT2D eigenvalue weighted by molar-refractivity contribution is 5.67. The largest absolute Gasteiger partial charge is 0.0993 e. The lowest BCUT2D eigenvalue weighted by molar-refractivity contribution is 0.0457. The molecule has 4 saturated carbocycles. The molecule has 0 nitrogen and oxygen atoms in total. The third-order valence-corrected chi connectivity index (χ3v) is 6.82. The van der Waals surface area contributed by atoms with Crippen molar-refractivity contribution in [1.82, 2.24) is 0 Å².